The van der Waals surface area contributed by atoms with Crippen molar-refractivity contribution < 1.29 is 29.8 Å². The number of aliphatic hydroxyl groups is 2. The Morgan fingerprint density at radius 3 is 1.40 bits per heavy atom. The van der Waals surface area contributed by atoms with Gasteiger partial charge in [0.05, 0.1) is 24.1 Å². The average molecular weight is 577 g/mol. The predicted molar refractivity (Wildman–Crippen MR) is 159 cm³/mol. The highest BCUT2D eigenvalue weighted by atomic mass is 16.3. The van der Waals surface area contributed by atoms with E-state index >= 15 is 0 Å². The van der Waals surface area contributed by atoms with Crippen molar-refractivity contribution in [2.75, 3.05) is 65.4 Å². The summed E-state index contributed by atoms with van der Waals surface area (Å²) in [7, 11) is 0. The molecule has 0 bridgehead atoms. The lowest BCUT2D eigenvalue weighted by molar-refractivity contribution is -0.988. The molecule has 2 atom stereocenters. The van der Waals surface area contributed by atoms with Gasteiger partial charge in [-0.05, 0) is 24.3 Å². The van der Waals surface area contributed by atoms with Gasteiger partial charge in [-0.2, -0.15) is 0 Å². The number of para-hydroxylation sites is 2. The number of imidazole rings is 1. The van der Waals surface area contributed by atoms with Gasteiger partial charge in [0.2, 0.25) is 11.6 Å². The largest absolute Gasteiger partial charge is 0.385 e. The molecule has 2 saturated heterocycles. The van der Waals surface area contributed by atoms with E-state index in [0.29, 0.717) is 13.1 Å². The summed E-state index contributed by atoms with van der Waals surface area (Å²) in [5, 5.41) is 22.1. The van der Waals surface area contributed by atoms with Crippen molar-refractivity contribution in [3.05, 3.63) is 83.5 Å². The minimum absolute atomic E-state index is 0.173. The molecule has 1 aromatic carbocycles. The van der Waals surface area contributed by atoms with E-state index in [1.165, 1.54) is 19.6 Å². The van der Waals surface area contributed by atoms with Crippen LogP contribution in [-0.2, 0) is 13.1 Å². The second-order valence-electron chi connectivity index (χ2n) is 11.8. The molecule has 2 unspecified atom stereocenters. The second kappa shape index (κ2) is 13.2. The maximum atomic E-state index is 13.6. The number of pyridine rings is 2. The zero-order valence-electron chi connectivity index (χ0n) is 24.2. The quantitative estimate of drug-likeness (QED) is 0.114. The standard InChI is InChI=1S/C31H40N8O3/c40-25(21-34-13-17-36(18-14-34)29-9-3-5-11-32-29)23-38-27-7-1-2-8-28(27)39(31(38)42)24-26(41)22-35-15-19-37(20-16-35)30-10-4-6-12-33-30/h1-12,25-26,40-41H,13-24H2/p+4. The zero-order chi connectivity index (χ0) is 28.9. The third-order valence-electron chi connectivity index (χ3n) is 8.94. The van der Waals surface area contributed by atoms with E-state index in [4.69, 9.17) is 0 Å². The van der Waals surface area contributed by atoms with Gasteiger partial charge in [0, 0.05) is 24.5 Å². The van der Waals surface area contributed by atoms with Crippen LogP contribution in [0.1, 0.15) is 0 Å². The Bertz CT molecular complexity index is 1370. The molecule has 0 aliphatic carbocycles. The van der Waals surface area contributed by atoms with Crippen LogP contribution in [0.15, 0.2) is 77.9 Å². The number of aromatic nitrogens is 4. The van der Waals surface area contributed by atoms with Gasteiger partial charge in [-0.15, -0.1) is 0 Å². The number of quaternary nitrogens is 4. The van der Waals surface area contributed by atoms with Crippen molar-refractivity contribution in [1.82, 2.24) is 19.1 Å². The van der Waals surface area contributed by atoms with Crippen LogP contribution in [0.3, 0.4) is 0 Å². The van der Waals surface area contributed by atoms with Gasteiger partial charge < -0.3 is 20.0 Å². The number of piperazine rings is 2. The number of hydrogen-bond donors (Lipinski definition) is 6. The summed E-state index contributed by atoms with van der Waals surface area (Å²) < 4.78 is 3.37. The van der Waals surface area contributed by atoms with E-state index in [-0.39, 0.29) is 18.8 Å². The van der Waals surface area contributed by atoms with E-state index in [1.807, 2.05) is 60.9 Å². The maximum Gasteiger partial charge on any atom is 0.329 e. The Morgan fingerprint density at radius 2 is 1.02 bits per heavy atom. The molecule has 0 radical (unpaired) electrons. The molecule has 0 saturated carbocycles. The van der Waals surface area contributed by atoms with Crippen molar-refractivity contribution >= 4 is 22.7 Å². The maximum absolute atomic E-state index is 13.6. The van der Waals surface area contributed by atoms with Crippen molar-refractivity contribution in [2.45, 2.75) is 25.3 Å². The first kappa shape index (κ1) is 28.7. The van der Waals surface area contributed by atoms with E-state index in [1.54, 1.807) is 9.13 Å². The van der Waals surface area contributed by atoms with Crippen LogP contribution in [0.5, 0.6) is 0 Å². The van der Waals surface area contributed by atoms with Crippen LogP contribution < -0.4 is 25.3 Å². The van der Waals surface area contributed by atoms with Crippen LogP contribution in [0, 0.1) is 0 Å². The highest BCUT2D eigenvalue weighted by molar-refractivity contribution is 5.76. The smallest absolute Gasteiger partial charge is 0.329 e. The Labute approximate surface area is 245 Å². The minimum Gasteiger partial charge on any atom is -0.385 e. The number of benzene rings is 1. The third kappa shape index (κ3) is 6.62. The van der Waals surface area contributed by atoms with E-state index in [2.05, 4.69) is 22.1 Å². The first-order valence-electron chi connectivity index (χ1n) is 15.3. The van der Waals surface area contributed by atoms with Gasteiger partial charge in [0.25, 0.3) is 0 Å². The number of fused-ring (bicyclic) bond motifs is 1. The minimum atomic E-state index is -0.638. The lowest BCUT2D eigenvalue weighted by atomic mass is 10.2. The molecule has 6 N–H and O–H groups in total. The van der Waals surface area contributed by atoms with Gasteiger partial charge in [-0.25, -0.2) is 14.8 Å². The summed E-state index contributed by atoms with van der Waals surface area (Å²) in [6.07, 6.45) is 2.40. The van der Waals surface area contributed by atoms with Crippen LogP contribution in [0.4, 0.5) is 11.6 Å². The molecule has 11 heteroatoms. The van der Waals surface area contributed by atoms with Crippen LogP contribution in [0.25, 0.3) is 11.0 Å². The first-order valence-corrected chi connectivity index (χ1v) is 15.3. The SMILES string of the molecule is O=c1n(CC(O)C[NH+]2CC[NH+](c3ccccn3)CC2)c2ccccc2n1CC(O)C[NH+]1CC[NH+](c2ccccn2)CC1. The normalized spacial score (nSPS) is 24.4. The summed E-state index contributed by atoms with van der Waals surface area (Å²) in [5.74, 6) is 2.15. The molecule has 2 aliphatic heterocycles. The molecule has 11 nitrogen and oxygen atoms in total. The first-order chi connectivity index (χ1) is 20.5. The van der Waals surface area contributed by atoms with Crippen LogP contribution in [0.2, 0.25) is 0 Å². The van der Waals surface area contributed by atoms with Crippen molar-refractivity contribution in [2.24, 2.45) is 0 Å². The molecule has 0 spiro atoms. The van der Waals surface area contributed by atoms with E-state index < -0.39 is 12.2 Å². The Hall–Kier alpha value is -3.45. The number of nitrogens with one attached hydrogen (secondary N) is 4. The molecule has 2 aliphatic rings. The van der Waals surface area contributed by atoms with Crippen LogP contribution >= 0.6 is 0 Å². The summed E-state index contributed by atoms with van der Waals surface area (Å²) in [4.78, 5) is 28.1. The molecular formula is C31H44N8O3+4. The molecule has 42 heavy (non-hydrogen) atoms. The Kier molecular flexibility index (Phi) is 9.04. The molecule has 4 aromatic rings. The van der Waals surface area contributed by atoms with Gasteiger partial charge in [-0.3, -0.25) is 18.9 Å². The summed E-state index contributed by atoms with van der Waals surface area (Å²) in [6, 6.07) is 19.8. The summed E-state index contributed by atoms with van der Waals surface area (Å²) in [6.45, 7) is 9.36. The molecule has 0 amide bonds. The number of rotatable bonds is 10. The van der Waals surface area contributed by atoms with Crippen molar-refractivity contribution in [1.29, 1.82) is 0 Å². The van der Waals surface area contributed by atoms with Crippen molar-refractivity contribution in [3.63, 3.8) is 0 Å². The highest BCUT2D eigenvalue weighted by Gasteiger charge is 2.29. The van der Waals surface area contributed by atoms with Gasteiger partial charge in [0.15, 0.2) is 0 Å². The molecule has 3 aromatic heterocycles. The molecule has 222 valence electrons. The number of hydrogen-bond acceptors (Lipinski definition) is 5. The predicted octanol–water partition coefficient (Wildman–Crippen LogP) is -4.46. The third-order valence-corrected chi connectivity index (χ3v) is 8.94. The fraction of sp³-hybridized carbons (Fsp3) is 0.452. The monoisotopic (exact) mass is 576 g/mol. The lowest BCUT2D eigenvalue weighted by Gasteiger charge is -2.30. The molecular weight excluding hydrogens is 532 g/mol. The summed E-state index contributed by atoms with van der Waals surface area (Å²) >= 11 is 0. The summed E-state index contributed by atoms with van der Waals surface area (Å²) in [5.41, 5.74) is 1.43. The lowest BCUT2D eigenvalue weighted by Crippen LogP contribution is -3.26. The molecule has 6 rings (SSSR count). The van der Waals surface area contributed by atoms with E-state index in [9.17, 15) is 15.0 Å². The van der Waals surface area contributed by atoms with Gasteiger partial charge >= 0.3 is 5.69 Å². The van der Waals surface area contributed by atoms with Gasteiger partial charge in [-0.1, -0.05) is 24.3 Å². The highest BCUT2D eigenvalue weighted by Crippen LogP contribution is 2.13. The van der Waals surface area contributed by atoms with Gasteiger partial charge in [0.1, 0.15) is 77.7 Å². The fourth-order valence-corrected chi connectivity index (χ4v) is 6.72. The topological polar surface area (TPSA) is 111 Å². The average Bonchev–Trinajstić information content (AvgIpc) is 3.28. The Balaban J connectivity index is 1.05. The fourth-order valence-electron chi connectivity index (χ4n) is 6.72. The number of aliphatic hydroxyl groups excluding tert-OH is 2. The molecule has 5 heterocycles. The molecule has 2 fully saturated rings. The second-order valence-corrected chi connectivity index (χ2v) is 11.8. The van der Waals surface area contributed by atoms with Crippen LogP contribution in [-0.4, -0.2) is 107 Å². The Morgan fingerprint density at radius 1 is 0.619 bits per heavy atom. The van der Waals surface area contributed by atoms with Crippen molar-refractivity contribution in [3.8, 4) is 0 Å². The number of nitrogens with zero attached hydrogens (tertiary/aromatic N) is 4. The van der Waals surface area contributed by atoms with E-state index in [0.717, 1.165) is 75.0 Å². The zero-order valence-corrected chi connectivity index (χ0v) is 24.2.